The second kappa shape index (κ2) is 4.89. The summed E-state index contributed by atoms with van der Waals surface area (Å²) in [6, 6.07) is -0.335. The quantitative estimate of drug-likeness (QED) is 0.903. The van der Waals surface area contributed by atoms with Gasteiger partial charge in [0, 0.05) is 19.8 Å². The summed E-state index contributed by atoms with van der Waals surface area (Å²) in [5.74, 6) is 0. The highest BCUT2D eigenvalue weighted by Crippen LogP contribution is 2.25. The molecule has 2 N–H and O–H groups in total. The van der Waals surface area contributed by atoms with Gasteiger partial charge in [-0.2, -0.15) is 5.10 Å². The number of hydrogen-bond donors (Lipinski definition) is 1. The Hall–Kier alpha value is -1.33. The van der Waals surface area contributed by atoms with Gasteiger partial charge in [-0.05, 0) is 6.42 Å². The van der Waals surface area contributed by atoms with Crippen molar-refractivity contribution in [3.05, 3.63) is 35.1 Å². The maximum Gasteiger partial charge on any atom is 0.0947 e. The Balaban J connectivity index is 2.35. The molecule has 92 valence electrons. The van der Waals surface area contributed by atoms with Crippen LogP contribution in [-0.4, -0.2) is 19.3 Å². The monoisotopic (exact) mass is 253 g/mol. The molecule has 6 heteroatoms. The van der Waals surface area contributed by atoms with Gasteiger partial charge in [-0.3, -0.25) is 4.68 Å². The summed E-state index contributed by atoms with van der Waals surface area (Å²) in [5.41, 5.74) is 7.81. The van der Waals surface area contributed by atoms with Crippen molar-refractivity contribution in [1.82, 2.24) is 19.3 Å². The second-order valence-corrected chi connectivity index (χ2v) is 4.45. The van der Waals surface area contributed by atoms with Gasteiger partial charge in [0.25, 0.3) is 0 Å². The molecule has 0 radical (unpaired) electrons. The Labute approximate surface area is 105 Å². The number of nitrogens with two attached hydrogens (primary N) is 1. The van der Waals surface area contributed by atoms with E-state index in [4.69, 9.17) is 17.3 Å². The van der Waals surface area contributed by atoms with Gasteiger partial charge in [-0.1, -0.05) is 18.5 Å². The first-order chi connectivity index (χ1) is 8.13. The number of aromatic nitrogens is 4. The van der Waals surface area contributed by atoms with Crippen LogP contribution in [0.4, 0.5) is 0 Å². The number of hydrogen-bond acceptors (Lipinski definition) is 3. The van der Waals surface area contributed by atoms with Crippen molar-refractivity contribution in [1.29, 1.82) is 0 Å². The number of halogens is 1. The van der Waals surface area contributed by atoms with Crippen LogP contribution < -0.4 is 5.73 Å². The maximum atomic E-state index is 6.18. The van der Waals surface area contributed by atoms with Crippen molar-refractivity contribution in [3.8, 4) is 0 Å². The molecule has 0 bridgehead atoms. The van der Waals surface area contributed by atoms with E-state index in [2.05, 4.69) is 17.0 Å². The highest BCUT2D eigenvalue weighted by atomic mass is 35.5. The third-order valence-electron chi connectivity index (χ3n) is 2.61. The van der Waals surface area contributed by atoms with Crippen LogP contribution >= 0.6 is 11.6 Å². The Bertz CT molecular complexity index is 502. The molecule has 0 saturated heterocycles. The van der Waals surface area contributed by atoms with Crippen molar-refractivity contribution < 1.29 is 0 Å². The molecule has 0 aromatic carbocycles. The highest BCUT2D eigenvalue weighted by molar-refractivity contribution is 6.31. The highest BCUT2D eigenvalue weighted by Gasteiger charge is 2.20. The molecule has 0 spiro atoms. The molecule has 2 rings (SSSR count). The van der Waals surface area contributed by atoms with Crippen molar-refractivity contribution in [2.45, 2.75) is 25.9 Å². The predicted octanol–water partition coefficient (Wildman–Crippen LogP) is 1.73. The van der Waals surface area contributed by atoms with E-state index >= 15 is 0 Å². The average Bonchev–Trinajstić information content (AvgIpc) is 2.86. The van der Waals surface area contributed by atoms with Crippen LogP contribution in [0.3, 0.4) is 0 Å². The average molecular weight is 254 g/mol. The summed E-state index contributed by atoms with van der Waals surface area (Å²) in [6.45, 7) is 2.90. The molecule has 0 fully saturated rings. The smallest absolute Gasteiger partial charge is 0.0947 e. The van der Waals surface area contributed by atoms with E-state index in [1.807, 2.05) is 22.5 Å². The number of nitrogens with zero attached hydrogens (tertiary/aromatic N) is 4. The van der Waals surface area contributed by atoms with Crippen molar-refractivity contribution in [2.75, 3.05) is 0 Å². The lowest BCUT2D eigenvalue weighted by atomic mass is 10.1. The first kappa shape index (κ1) is 12.1. The SMILES string of the molecule is CCCn1ncc(Cl)c1C(N)c1cn(C)cn1. The van der Waals surface area contributed by atoms with E-state index in [0.29, 0.717) is 5.02 Å². The van der Waals surface area contributed by atoms with Crippen LogP contribution in [0.25, 0.3) is 0 Å². The zero-order chi connectivity index (χ0) is 12.4. The first-order valence-corrected chi connectivity index (χ1v) is 5.96. The molecule has 0 aliphatic rings. The van der Waals surface area contributed by atoms with E-state index in [1.165, 1.54) is 0 Å². The van der Waals surface area contributed by atoms with E-state index in [1.54, 1.807) is 12.5 Å². The zero-order valence-electron chi connectivity index (χ0n) is 9.97. The zero-order valence-corrected chi connectivity index (χ0v) is 10.7. The summed E-state index contributed by atoms with van der Waals surface area (Å²) in [4.78, 5) is 4.25. The standard InChI is InChI=1S/C11H16ClN5/c1-3-4-17-11(8(12)5-15-17)10(13)9-6-16(2)7-14-9/h5-7,10H,3-4,13H2,1-2H3. The molecule has 2 aromatic heterocycles. The third kappa shape index (κ3) is 2.35. The largest absolute Gasteiger partial charge is 0.340 e. The fraction of sp³-hybridized carbons (Fsp3) is 0.455. The van der Waals surface area contributed by atoms with E-state index < -0.39 is 0 Å². The van der Waals surface area contributed by atoms with E-state index in [0.717, 1.165) is 24.4 Å². The first-order valence-electron chi connectivity index (χ1n) is 5.58. The molecule has 0 aliphatic carbocycles. The molecule has 1 unspecified atom stereocenters. The van der Waals surface area contributed by atoms with Crippen molar-refractivity contribution in [2.24, 2.45) is 12.8 Å². The van der Waals surface area contributed by atoms with Crippen LogP contribution in [-0.2, 0) is 13.6 Å². The summed E-state index contributed by atoms with van der Waals surface area (Å²) >= 11 is 6.13. The van der Waals surface area contributed by atoms with Gasteiger partial charge >= 0.3 is 0 Å². The van der Waals surface area contributed by atoms with Gasteiger partial charge in [-0.15, -0.1) is 0 Å². The van der Waals surface area contributed by atoms with Crippen LogP contribution in [0.1, 0.15) is 30.8 Å². The lowest BCUT2D eigenvalue weighted by Crippen LogP contribution is -2.18. The molecule has 5 nitrogen and oxygen atoms in total. The normalized spacial score (nSPS) is 12.9. The molecular formula is C11H16ClN5. The van der Waals surface area contributed by atoms with Crippen molar-refractivity contribution >= 4 is 11.6 Å². The molecule has 0 aliphatic heterocycles. The van der Waals surface area contributed by atoms with Gasteiger partial charge in [0.05, 0.1) is 35.0 Å². The van der Waals surface area contributed by atoms with E-state index in [9.17, 15) is 0 Å². The lowest BCUT2D eigenvalue weighted by Gasteiger charge is -2.12. The van der Waals surface area contributed by atoms with Crippen LogP contribution in [0, 0.1) is 0 Å². The summed E-state index contributed by atoms with van der Waals surface area (Å²) in [6.07, 6.45) is 6.24. The minimum absolute atomic E-state index is 0.335. The molecule has 0 amide bonds. The van der Waals surface area contributed by atoms with Gasteiger partial charge in [0.2, 0.25) is 0 Å². The minimum atomic E-state index is -0.335. The Morgan fingerprint density at radius 3 is 2.88 bits per heavy atom. The number of rotatable bonds is 4. The maximum absolute atomic E-state index is 6.18. The van der Waals surface area contributed by atoms with Crippen LogP contribution in [0.15, 0.2) is 18.7 Å². The van der Waals surface area contributed by atoms with Crippen molar-refractivity contribution in [3.63, 3.8) is 0 Å². The molecular weight excluding hydrogens is 238 g/mol. The molecule has 1 atom stereocenters. The number of imidazole rings is 1. The predicted molar refractivity (Wildman–Crippen MR) is 66.8 cm³/mol. The van der Waals surface area contributed by atoms with Crippen LogP contribution in [0.2, 0.25) is 5.02 Å². The van der Waals surface area contributed by atoms with Crippen LogP contribution in [0.5, 0.6) is 0 Å². The summed E-state index contributed by atoms with van der Waals surface area (Å²) in [7, 11) is 1.91. The topological polar surface area (TPSA) is 61.7 Å². The fourth-order valence-electron chi connectivity index (χ4n) is 1.80. The number of aryl methyl sites for hydroxylation is 2. The van der Waals surface area contributed by atoms with Gasteiger partial charge < -0.3 is 10.3 Å². The lowest BCUT2D eigenvalue weighted by molar-refractivity contribution is 0.557. The summed E-state index contributed by atoms with van der Waals surface area (Å²) < 4.78 is 3.71. The minimum Gasteiger partial charge on any atom is -0.340 e. The van der Waals surface area contributed by atoms with Gasteiger partial charge in [0.1, 0.15) is 0 Å². The molecule has 2 heterocycles. The molecule has 17 heavy (non-hydrogen) atoms. The Morgan fingerprint density at radius 1 is 1.53 bits per heavy atom. The van der Waals surface area contributed by atoms with E-state index in [-0.39, 0.29) is 6.04 Å². The third-order valence-corrected chi connectivity index (χ3v) is 2.90. The second-order valence-electron chi connectivity index (χ2n) is 4.04. The molecule has 2 aromatic rings. The van der Waals surface area contributed by atoms with Gasteiger partial charge in [-0.25, -0.2) is 4.98 Å². The molecule has 0 saturated carbocycles. The fourth-order valence-corrected chi connectivity index (χ4v) is 2.06. The van der Waals surface area contributed by atoms with Gasteiger partial charge in [0.15, 0.2) is 0 Å². The Morgan fingerprint density at radius 2 is 2.29 bits per heavy atom. The summed E-state index contributed by atoms with van der Waals surface area (Å²) in [5, 5.41) is 4.82. The Kier molecular flexibility index (Phi) is 3.49.